The first-order valence-electron chi connectivity index (χ1n) is 9.71. The van der Waals surface area contributed by atoms with Crippen LogP contribution in [-0.4, -0.2) is 16.8 Å². The summed E-state index contributed by atoms with van der Waals surface area (Å²) in [7, 11) is 0. The highest BCUT2D eigenvalue weighted by molar-refractivity contribution is 6.11. The Labute approximate surface area is 178 Å². The van der Waals surface area contributed by atoms with Gasteiger partial charge in [-0.25, -0.2) is 4.39 Å². The minimum absolute atomic E-state index is 0.292. The lowest BCUT2D eigenvalue weighted by Crippen LogP contribution is -2.16. The Morgan fingerprint density at radius 2 is 1.65 bits per heavy atom. The van der Waals surface area contributed by atoms with Gasteiger partial charge in [0.05, 0.1) is 12.1 Å². The Morgan fingerprint density at radius 3 is 2.39 bits per heavy atom. The molecule has 0 spiro atoms. The number of Topliss-reactive ketones (excluding diaryl/α,β-unsaturated/α-hetero) is 1. The standard InChI is InChI=1S/C25H19FN2O3/c1-16-12-24(31-28-16)20-6-2-5-19(13-20)23(29)15-25(30)27-22-7-3-4-18(14-22)17-8-10-21(26)11-9-17/h2-14H,15H2,1H3,(H,27,30). The van der Waals surface area contributed by atoms with Crippen LogP contribution in [0.2, 0.25) is 0 Å². The normalized spacial score (nSPS) is 10.6. The van der Waals surface area contributed by atoms with Gasteiger partial charge in [-0.1, -0.05) is 47.6 Å². The molecule has 1 N–H and O–H groups in total. The van der Waals surface area contributed by atoms with Crippen LogP contribution in [-0.2, 0) is 4.79 Å². The van der Waals surface area contributed by atoms with E-state index in [0.29, 0.717) is 17.0 Å². The third-order valence-electron chi connectivity index (χ3n) is 4.74. The number of nitrogens with zero attached hydrogens (tertiary/aromatic N) is 1. The number of aromatic nitrogens is 1. The number of rotatable bonds is 6. The number of amides is 1. The van der Waals surface area contributed by atoms with Crippen LogP contribution in [0.15, 0.2) is 83.4 Å². The highest BCUT2D eigenvalue weighted by atomic mass is 19.1. The quantitative estimate of drug-likeness (QED) is 0.326. The number of ketones is 1. The lowest BCUT2D eigenvalue weighted by atomic mass is 10.0. The Kier molecular flexibility index (Phi) is 5.71. The lowest BCUT2D eigenvalue weighted by Gasteiger charge is -2.08. The molecule has 0 bridgehead atoms. The van der Waals surface area contributed by atoms with Gasteiger partial charge in [-0.3, -0.25) is 9.59 Å². The molecule has 154 valence electrons. The minimum Gasteiger partial charge on any atom is -0.356 e. The van der Waals surface area contributed by atoms with E-state index >= 15 is 0 Å². The van der Waals surface area contributed by atoms with Crippen LogP contribution in [0.3, 0.4) is 0 Å². The summed E-state index contributed by atoms with van der Waals surface area (Å²) >= 11 is 0. The van der Waals surface area contributed by atoms with E-state index in [9.17, 15) is 14.0 Å². The average Bonchev–Trinajstić information content (AvgIpc) is 3.21. The molecule has 0 atom stereocenters. The van der Waals surface area contributed by atoms with Gasteiger partial charge in [0.1, 0.15) is 5.82 Å². The highest BCUT2D eigenvalue weighted by Gasteiger charge is 2.14. The first kappa shape index (κ1) is 20.2. The molecule has 3 aromatic carbocycles. The number of hydrogen-bond acceptors (Lipinski definition) is 4. The van der Waals surface area contributed by atoms with Gasteiger partial charge in [0.25, 0.3) is 0 Å². The van der Waals surface area contributed by atoms with Crippen molar-refractivity contribution in [1.82, 2.24) is 5.16 Å². The molecule has 0 saturated heterocycles. The summed E-state index contributed by atoms with van der Waals surface area (Å²) in [6, 6.07) is 22.0. The van der Waals surface area contributed by atoms with E-state index in [1.54, 1.807) is 54.6 Å². The number of hydrogen-bond donors (Lipinski definition) is 1. The maximum absolute atomic E-state index is 13.1. The molecule has 1 aromatic heterocycles. The molecule has 4 rings (SSSR count). The number of aryl methyl sites for hydroxylation is 1. The highest BCUT2D eigenvalue weighted by Crippen LogP contribution is 2.24. The molecular weight excluding hydrogens is 395 g/mol. The minimum atomic E-state index is -0.415. The Morgan fingerprint density at radius 1 is 0.903 bits per heavy atom. The number of carbonyl (C=O) groups excluding carboxylic acids is 2. The second-order valence-electron chi connectivity index (χ2n) is 7.15. The van der Waals surface area contributed by atoms with Gasteiger partial charge < -0.3 is 9.84 Å². The smallest absolute Gasteiger partial charge is 0.232 e. The maximum Gasteiger partial charge on any atom is 0.232 e. The fourth-order valence-electron chi connectivity index (χ4n) is 3.22. The van der Waals surface area contributed by atoms with Gasteiger partial charge in [0, 0.05) is 22.9 Å². The zero-order chi connectivity index (χ0) is 21.8. The summed E-state index contributed by atoms with van der Waals surface area (Å²) in [4.78, 5) is 25.0. The maximum atomic E-state index is 13.1. The number of nitrogens with one attached hydrogen (secondary N) is 1. The van der Waals surface area contributed by atoms with Gasteiger partial charge in [0.2, 0.25) is 5.91 Å². The van der Waals surface area contributed by atoms with Crippen LogP contribution in [0.25, 0.3) is 22.5 Å². The molecule has 0 aliphatic rings. The number of halogens is 1. The van der Waals surface area contributed by atoms with Gasteiger partial charge in [-0.2, -0.15) is 0 Å². The van der Waals surface area contributed by atoms with E-state index in [2.05, 4.69) is 10.5 Å². The first-order valence-corrected chi connectivity index (χ1v) is 9.71. The van der Waals surface area contributed by atoms with Crippen molar-refractivity contribution in [2.75, 3.05) is 5.32 Å². The predicted octanol–water partition coefficient (Wildman–Crippen LogP) is 5.67. The lowest BCUT2D eigenvalue weighted by molar-refractivity contribution is -0.115. The summed E-state index contributed by atoms with van der Waals surface area (Å²) in [5.41, 5.74) is 4.10. The average molecular weight is 414 g/mol. The molecule has 0 radical (unpaired) electrons. The van der Waals surface area contributed by atoms with Crippen LogP contribution < -0.4 is 5.32 Å². The molecule has 0 aliphatic heterocycles. The monoisotopic (exact) mass is 414 g/mol. The fourth-order valence-corrected chi connectivity index (χ4v) is 3.22. The fraction of sp³-hybridized carbons (Fsp3) is 0.0800. The van der Waals surface area contributed by atoms with E-state index in [0.717, 1.165) is 22.4 Å². The molecule has 4 aromatic rings. The third-order valence-corrected chi connectivity index (χ3v) is 4.74. The molecule has 6 heteroatoms. The molecule has 5 nitrogen and oxygen atoms in total. The van der Waals surface area contributed by atoms with Crippen molar-refractivity contribution in [2.45, 2.75) is 13.3 Å². The first-order chi connectivity index (χ1) is 15.0. The van der Waals surface area contributed by atoms with Crippen molar-refractivity contribution in [3.05, 3.63) is 95.9 Å². The van der Waals surface area contributed by atoms with Crippen LogP contribution in [0.4, 0.5) is 10.1 Å². The van der Waals surface area contributed by atoms with Crippen LogP contribution >= 0.6 is 0 Å². The van der Waals surface area contributed by atoms with Crippen molar-refractivity contribution in [1.29, 1.82) is 0 Å². The van der Waals surface area contributed by atoms with Crippen molar-refractivity contribution in [3.8, 4) is 22.5 Å². The summed E-state index contributed by atoms with van der Waals surface area (Å²) in [6.07, 6.45) is -0.292. The van der Waals surface area contributed by atoms with E-state index in [1.807, 2.05) is 19.1 Å². The van der Waals surface area contributed by atoms with Crippen LogP contribution in [0.1, 0.15) is 22.5 Å². The van der Waals surface area contributed by atoms with Gasteiger partial charge in [0.15, 0.2) is 11.5 Å². The zero-order valence-electron chi connectivity index (χ0n) is 16.8. The molecule has 0 aliphatic carbocycles. The summed E-state index contributed by atoms with van der Waals surface area (Å²) in [6.45, 7) is 1.82. The number of benzene rings is 3. The second-order valence-corrected chi connectivity index (χ2v) is 7.15. The van der Waals surface area contributed by atoms with Crippen LogP contribution in [0, 0.1) is 12.7 Å². The summed E-state index contributed by atoms with van der Waals surface area (Å²) < 4.78 is 18.4. The molecule has 0 saturated carbocycles. The third kappa shape index (κ3) is 4.93. The van der Waals surface area contributed by atoms with Crippen molar-refractivity contribution < 1.29 is 18.5 Å². The number of carbonyl (C=O) groups is 2. The van der Waals surface area contributed by atoms with E-state index in [4.69, 9.17) is 4.52 Å². The Hall–Kier alpha value is -4.06. The van der Waals surface area contributed by atoms with Gasteiger partial charge in [-0.05, 0) is 48.4 Å². The van der Waals surface area contributed by atoms with Gasteiger partial charge >= 0.3 is 0 Å². The molecule has 1 amide bonds. The summed E-state index contributed by atoms with van der Waals surface area (Å²) in [5.74, 6) is -0.462. The topological polar surface area (TPSA) is 72.2 Å². The van der Waals surface area contributed by atoms with Crippen molar-refractivity contribution in [2.24, 2.45) is 0 Å². The van der Waals surface area contributed by atoms with Crippen molar-refractivity contribution >= 4 is 17.4 Å². The van der Waals surface area contributed by atoms with Crippen LogP contribution in [0.5, 0.6) is 0 Å². The van der Waals surface area contributed by atoms with E-state index < -0.39 is 5.91 Å². The van der Waals surface area contributed by atoms with Gasteiger partial charge in [-0.15, -0.1) is 0 Å². The molecule has 31 heavy (non-hydrogen) atoms. The molecule has 1 heterocycles. The zero-order valence-corrected chi connectivity index (χ0v) is 16.8. The predicted molar refractivity (Wildman–Crippen MR) is 116 cm³/mol. The van der Waals surface area contributed by atoms with E-state index in [-0.39, 0.29) is 18.0 Å². The Balaban J connectivity index is 1.44. The SMILES string of the molecule is Cc1cc(-c2cccc(C(=O)CC(=O)Nc3cccc(-c4ccc(F)cc4)c3)c2)on1. The van der Waals surface area contributed by atoms with Crippen molar-refractivity contribution in [3.63, 3.8) is 0 Å². The molecular formula is C25H19FN2O3. The largest absolute Gasteiger partial charge is 0.356 e. The Bertz CT molecular complexity index is 1250. The molecule has 0 fully saturated rings. The molecule has 0 unspecified atom stereocenters. The number of anilines is 1. The summed E-state index contributed by atoms with van der Waals surface area (Å²) in [5, 5.41) is 6.60. The van der Waals surface area contributed by atoms with E-state index in [1.165, 1.54) is 12.1 Å². The second kappa shape index (κ2) is 8.75.